The third-order valence-electron chi connectivity index (χ3n) is 5.63. The van der Waals surface area contributed by atoms with Gasteiger partial charge in [0.05, 0.1) is 12.0 Å². The average molecular weight is 347 g/mol. The molecule has 1 aromatic rings. The van der Waals surface area contributed by atoms with Gasteiger partial charge in [0.25, 0.3) is 0 Å². The van der Waals surface area contributed by atoms with Crippen LogP contribution in [0.1, 0.15) is 51.5 Å². The lowest BCUT2D eigenvalue weighted by atomic mass is 10.1. The van der Waals surface area contributed by atoms with Crippen molar-refractivity contribution in [3.63, 3.8) is 0 Å². The molecule has 3 rings (SSSR count). The molecule has 2 aliphatic rings. The summed E-state index contributed by atoms with van der Waals surface area (Å²) in [6, 6.07) is 4.65. The lowest BCUT2D eigenvalue weighted by molar-refractivity contribution is -0.123. The third-order valence-corrected chi connectivity index (χ3v) is 6.60. The predicted octanol–water partition coefficient (Wildman–Crippen LogP) is 4.24. The normalized spacial score (nSPS) is 26.8. The highest BCUT2D eigenvalue weighted by atomic mass is 32.1. The topological polar surface area (TPSA) is 32.3 Å². The van der Waals surface area contributed by atoms with Crippen molar-refractivity contribution in [1.82, 2.24) is 10.2 Å². The number of hydrogen-bond donors (Lipinski definition) is 1. The van der Waals surface area contributed by atoms with Gasteiger partial charge in [0.2, 0.25) is 5.91 Å². The summed E-state index contributed by atoms with van der Waals surface area (Å²) in [7, 11) is 0. The molecule has 0 aromatic carbocycles. The molecule has 24 heavy (non-hydrogen) atoms. The summed E-state index contributed by atoms with van der Waals surface area (Å²) in [4.78, 5) is 16.6. The predicted molar refractivity (Wildman–Crippen MR) is 101 cm³/mol. The summed E-state index contributed by atoms with van der Waals surface area (Å²) in [5, 5.41) is 5.40. The van der Waals surface area contributed by atoms with Gasteiger partial charge in [-0.1, -0.05) is 31.6 Å². The van der Waals surface area contributed by atoms with Crippen LogP contribution in [0.2, 0.25) is 0 Å². The van der Waals surface area contributed by atoms with Crippen molar-refractivity contribution in [1.29, 1.82) is 0 Å². The molecule has 0 spiro atoms. The first-order chi connectivity index (χ1) is 11.4. The van der Waals surface area contributed by atoms with Crippen LogP contribution in [-0.4, -0.2) is 30.4 Å². The highest BCUT2D eigenvalue weighted by Crippen LogP contribution is 2.59. The first kappa shape index (κ1) is 17.7. The van der Waals surface area contributed by atoms with Crippen LogP contribution in [0.3, 0.4) is 0 Å². The Bertz CT molecular complexity index is 595. The third kappa shape index (κ3) is 3.60. The van der Waals surface area contributed by atoms with Crippen LogP contribution in [0, 0.1) is 17.3 Å². The number of amides is 1. The molecule has 2 fully saturated rings. The summed E-state index contributed by atoms with van der Waals surface area (Å²) in [6.45, 7) is 11.7. The Morgan fingerprint density at radius 2 is 2.12 bits per heavy atom. The molecule has 1 saturated carbocycles. The van der Waals surface area contributed by atoms with Gasteiger partial charge in [-0.25, -0.2) is 0 Å². The van der Waals surface area contributed by atoms with Crippen LogP contribution in [-0.2, 0) is 4.79 Å². The van der Waals surface area contributed by atoms with E-state index >= 15 is 0 Å². The molecular weight excluding hydrogens is 316 g/mol. The minimum atomic E-state index is 0.0907. The first-order valence-corrected chi connectivity index (χ1v) is 9.99. The maximum atomic E-state index is 12.7. The standard InChI is InChI=1S/C20H30N2OS/c1-14(2)12-15-18(20(15,3)4)19(23)21-13-16(17-8-7-11-24-17)22-9-5-6-10-22/h7-8,11-12,15-16,18H,5-6,9-10,13H2,1-4H3,(H,21,23). The number of nitrogens with zero attached hydrogens (tertiary/aromatic N) is 1. The largest absolute Gasteiger partial charge is 0.354 e. The van der Waals surface area contributed by atoms with Gasteiger partial charge in [0.15, 0.2) is 0 Å². The molecular formula is C20H30N2OS. The van der Waals surface area contributed by atoms with Crippen molar-refractivity contribution in [2.24, 2.45) is 17.3 Å². The molecule has 0 radical (unpaired) electrons. The molecule has 3 atom stereocenters. The van der Waals surface area contributed by atoms with Crippen LogP contribution >= 0.6 is 11.3 Å². The maximum Gasteiger partial charge on any atom is 0.224 e. The lowest BCUT2D eigenvalue weighted by Gasteiger charge is -2.27. The van der Waals surface area contributed by atoms with Gasteiger partial charge < -0.3 is 5.32 Å². The summed E-state index contributed by atoms with van der Waals surface area (Å²) in [5.74, 6) is 0.729. The zero-order chi connectivity index (χ0) is 17.3. The number of carbonyl (C=O) groups excluding carboxylic acids is 1. The van der Waals surface area contributed by atoms with Gasteiger partial charge in [0.1, 0.15) is 0 Å². The molecule has 1 amide bonds. The van der Waals surface area contributed by atoms with Crippen LogP contribution in [0.5, 0.6) is 0 Å². The lowest BCUT2D eigenvalue weighted by Crippen LogP contribution is -2.37. The molecule has 1 saturated heterocycles. The van der Waals surface area contributed by atoms with Crippen LogP contribution in [0.15, 0.2) is 29.2 Å². The summed E-state index contributed by atoms with van der Waals surface area (Å²) in [5.41, 5.74) is 1.39. The molecule has 1 N–H and O–H groups in total. The van der Waals surface area contributed by atoms with E-state index in [0.29, 0.717) is 12.0 Å². The Labute approximate surface area is 150 Å². The smallest absolute Gasteiger partial charge is 0.224 e. The van der Waals surface area contributed by atoms with Gasteiger partial charge in [-0.15, -0.1) is 11.3 Å². The van der Waals surface area contributed by atoms with E-state index in [2.05, 4.69) is 61.5 Å². The fraction of sp³-hybridized carbons (Fsp3) is 0.650. The molecule has 132 valence electrons. The highest BCUT2D eigenvalue weighted by molar-refractivity contribution is 7.10. The molecule has 1 aromatic heterocycles. The Morgan fingerprint density at radius 1 is 1.42 bits per heavy atom. The summed E-state index contributed by atoms with van der Waals surface area (Å²) in [6.07, 6.45) is 4.81. The van der Waals surface area contributed by atoms with E-state index in [0.717, 1.165) is 19.6 Å². The molecule has 2 heterocycles. The first-order valence-electron chi connectivity index (χ1n) is 9.11. The number of nitrogens with one attached hydrogen (secondary N) is 1. The molecule has 3 nitrogen and oxygen atoms in total. The molecule has 1 aliphatic carbocycles. The summed E-state index contributed by atoms with van der Waals surface area (Å²) < 4.78 is 0. The SMILES string of the molecule is CC(C)=CC1C(C(=O)NCC(c2cccs2)N2CCCC2)C1(C)C. The van der Waals surface area contributed by atoms with Crippen LogP contribution in [0.25, 0.3) is 0 Å². The molecule has 3 unspecified atom stereocenters. The van der Waals surface area contributed by atoms with Gasteiger partial charge in [0, 0.05) is 11.4 Å². The second-order valence-electron chi connectivity index (χ2n) is 8.09. The van der Waals surface area contributed by atoms with Gasteiger partial charge >= 0.3 is 0 Å². The Balaban J connectivity index is 1.63. The Hall–Kier alpha value is -1.13. The quantitative estimate of drug-likeness (QED) is 0.782. The summed E-state index contributed by atoms with van der Waals surface area (Å²) >= 11 is 1.80. The molecule has 4 heteroatoms. The Kier molecular flexibility index (Phi) is 5.16. The van der Waals surface area contributed by atoms with Gasteiger partial charge in [-0.3, -0.25) is 9.69 Å². The van der Waals surface area contributed by atoms with E-state index < -0.39 is 0 Å². The van der Waals surface area contributed by atoms with Crippen molar-refractivity contribution in [3.05, 3.63) is 34.0 Å². The average Bonchev–Trinajstić information content (AvgIpc) is 3.02. The minimum absolute atomic E-state index is 0.0907. The van der Waals surface area contributed by atoms with Gasteiger partial charge in [-0.05, 0) is 62.6 Å². The van der Waals surface area contributed by atoms with Crippen LogP contribution < -0.4 is 5.32 Å². The zero-order valence-corrected chi connectivity index (χ0v) is 16.2. The van der Waals surface area contributed by atoms with Crippen LogP contribution in [0.4, 0.5) is 0 Å². The fourth-order valence-corrected chi connectivity index (χ4v) is 4.96. The molecule has 0 bridgehead atoms. The van der Waals surface area contributed by atoms with Crippen molar-refractivity contribution >= 4 is 17.2 Å². The van der Waals surface area contributed by atoms with E-state index in [-0.39, 0.29) is 17.2 Å². The van der Waals surface area contributed by atoms with E-state index in [9.17, 15) is 4.79 Å². The van der Waals surface area contributed by atoms with Crippen molar-refractivity contribution < 1.29 is 4.79 Å². The number of likely N-dealkylation sites (tertiary alicyclic amines) is 1. The highest BCUT2D eigenvalue weighted by Gasteiger charge is 2.60. The maximum absolute atomic E-state index is 12.7. The second-order valence-corrected chi connectivity index (χ2v) is 9.07. The van der Waals surface area contributed by atoms with E-state index in [1.54, 1.807) is 11.3 Å². The molecule has 1 aliphatic heterocycles. The zero-order valence-electron chi connectivity index (χ0n) is 15.3. The fourth-order valence-electron chi connectivity index (χ4n) is 4.10. The van der Waals surface area contributed by atoms with E-state index in [1.807, 2.05) is 0 Å². The number of carbonyl (C=O) groups is 1. The van der Waals surface area contributed by atoms with Crippen molar-refractivity contribution in [3.8, 4) is 0 Å². The minimum Gasteiger partial charge on any atom is -0.354 e. The van der Waals surface area contributed by atoms with E-state index in [1.165, 1.54) is 23.3 Å². The number of rotatable bonds is 6. The number of hydrogen-bond acceptors (Lipinski definition) is 3. The second kappa shape index (κ2) is 7.01. The Morgan fingerprint density at radius 3 is 2.71 bits per heavy atom. The number of thiophene rings is 1. The van der Waals surface area contributed by atoms with Crippen molar-refractivity contribution in [2.75, 3.05) is 19.6 Å². The van der Waals surface area contributed by atoms with Gasteiger partial charge in [-0.2, -0.15) is 0 Å². The van der Waals surface area contributed by atoms with Crippen molar-refractivity contribution in [2.45, 2.75) is 46.6 Å². The number of allylic oxidation sites excluding steroid dienone is 2. The monoisotopic (exact) mass is 346 g/mol. The van der Waals surface area contributed by atoms with E-state index in [4.69, 9.17) is 0 Å².